The smallest absolute Gasteiger partial charge is 0.235 e. The molecule has 0 bridgehead atoms. The van der Waals surface area contributed by atoms with Crippen molar-refractivity contribution in [1.82, 2.24) is 0 Å². The second kappa shape index (κ2) is 4.32. The van der Waals surface area contributed by atoms with E-state index in [1.807, 2.05) is 0 Å². The number of carbonyl (C=O) groups is 2. The lowest BCUT2D eigenvalue weighted by Gasteiger charge is -2.19. The number of nitroso groups, excluding NO2 is 1. The number of rotatable bonds is 1. The Morgan fingerprint density at radius 1 is 1.29 bits per heavy atom. The molecule has 1 heterocycles. The van der Waals surface area contributed by atoms with Crippen molar-refractivity contribution in [2.24, 2.45) is 5.29 Å². The van der Waals surface area contributed by atoms with Crippen LogP contribution in [0.25, 0.3) is 0 Å². The Bertz CT molecular complexity index is 487. The highest BCUT2D eigenvalue weighted by Crippen LogP contribution is 2.32. The van der Waals surface area contributed by atoms with Gasteiger partial charge in [0, 0.05) is 13.3 Å². The highest BCUT2D eigenvalue weighted by atomic mass is 16.3. The van der Waals surface area contributed by atoms with Crippen LogP contribution in [0.3, 0.4) is 0 Å². The van der Waals surface area contributed by atoms with Gasteiger partial charge < -0.3 is 0 Å². The molecule has 0 saturated carbocycles. The first-order chi connectivity index (χ1) is 8.15. The minimum atomic E-state index is -0.366. The minimum Gasteiger partial charge on any atom is -0.274 e. The monoisotopic (exact) mass is 233 g/mol. The summed E-state index contributed by atoms with van der Waals surface area (Å²) in [5, 5.41) is 4.06. The maximum absolute atomic E-state index is 11.8. The number of anilines is 2. The molecule has 6 nitrogen and oxygen atoms in total. The number of carbonyl (C=O) groups excluding carboxylic acids is 2. The molecule has 0 aromatic heterocycles. The lowest BCUT2D eigenvalue weighted by molar-refractivity contribution is -0.125. The fourth-order valence-electron chi connectivity index (χ4n) is 1.87. The van der Waals surface area contributed by atoms with Crippen molar-refractivity contribution in [2.75, 3.05) is 16.5 Å². The van der Waals surface area contributed by atoms with E-state index in [1.165, 1.54) is 11.9 Å². The van der Waals surface area contributed by atoms with Crippen LogP contribution < -0.4 is 9.91 Å². The van der Waals surface area contributed by atoms with Crippen LogP contribution in [0.4, 0.5) is 11.4 Å². The first kappa shape index (κ1) is 11.3. The van der Waals surface area contributed by atoms with Crippen LogP contribution in [-0.4, -0.2) is 18.4 Å². The number of para-hydroxylation sites is 2. The maximum Gasteiger partial charge on any atom is 0.235 e. The number of imide groups is 1. The first-order valence-electron chi connectivity index (χ1n) is 5.18. The van der Waals surface area contributed by atoms with Gasteiger partial charge in [-0.1, -0.05) is 12.1 Å². The molecule has 1 aromatic rings. The van der Waals surface area contributed by atoms with Gasteiger partial charge in [0.25, 0.3) is 0 Å². The van der Waals surface area contributed by atoms with Crippen molar-refractivity contribution in [3.8, 4) is 0 Å². The molecule has 6 heteroatoms. The molecule has 0 fully saturated rings. The van der Waals surface area contributed by atoms with E-state index >= 15 is 0 Å². The van der Waals surface area contributed by atoms with Crippen LogP contribution in [-0.2, 0) is 9.59 Å². The topological polar surface area (TPSA) is 70.1 Å². The third kappa shape index (κ3) is 1.89. The summed E-state index contributed by atoms with van der Waals surface area (Å²) in [6.07, 6.45) is 0.0833. The van der Waals surface area contributed by atoms with E-state index in [0.29, 0.717) is 11.4 Å². The van der Waals surface area contributed by atoms with E-state index < -0.39 is 0 Å². The predicted octanol–water partition coefficient (Wildman–Crippen LogP) is 1.46. The van der Waals surface area contributed by atoms with Crippen LogP contribution >= 0.6 is 0 Å². The van der Waals surface area contributed by atoms with E-state index in [4.69, 9.17) is 0 Å². The number of benzene rings is 1. The highest BCUT2D eigenvalue weighted by Gasteiger charge is 2.28. The zero-order valence-electron chi connectivity index (χ0n) is 9.29. The summed E-state index contributed by atoms with van der Waals surface area (Å²) in [6.45, 7) is 1.50. The van der Waals surface area contributed by atoms with Gasteiger partial charge in [-0.15, -0.1) is 4.91 Å². The van der Waals surface area contributed by atoms with Crippen molar-refractivity contribution in [2.45, 2.75) is 13.3 Å². The summed E-state index contributed by atoms with van der Waals surface area (Å²) in [5.41, 5.74) is 0.880. The fourth-order valence-corrected chi connectivity index (χ4v) is 1.87. The molecule has 0 radical (unpaired) electrons. The standard InChI is InChI=1S/C11H11N3O3/c1-8(15)14-10-5-3-2-4-9(10)13(12-17)7-6-11(14)16/h2-5H,6-7H2,1H3. The van der Waals surface area contributed by atoms with Gasteiger partial charge in [0.05, 0.1) is 23.2 Å². The molecule has 1 aliphatic rings. The largest absolute Gasteiger partial charge is 0.274 e. The van der Waals surface area contributed by atoms with Gasteiger partial charge in [-0.25, -0.2) is 9.91 Å². The average molecular weight is 233 g/mol. The molecule has 0 N–H and O–H groups in total. The number of nitrogens with zero attached hydrogens (tertiary/aromatic N) is 3. The summed E-state index contributed by atoms with van der Waals surface area (Å²) < 4.78 is 0. The van der Waals surface area contributed by atoms with E-state index in [-0.39, 0.29) is 24.8 Å². The number of hydrogen-bond acceptors (Lipinski definition) is 4. The van der Waals surface area contributed by atoms with Crippen LogP contribution in [0.1, 0.15) is 13.3 Å². The molecule has 0 spiro atoms. The average Bonchev–Trinajstić information content (AvgIpc) is 2.45. The molecule has 1 aliphatic heterocycles. The first-order valence-corrected chi connectivity index (χ1v) is 5.18. The fraction of sp³-hybridized carbons (Fsp3) is 0.273. The lowest BCUT2D eigenvalue weighted by atomic mass is 10.2. The summed E-state index contributed by atoms with van der Waals surface area (Å²) in [6, 6.07) is 6.71. The van der Waals surface area contributed by atoms with Crippen LogP contribution in [0.15, 0.2) is 29.6 Å². The Morgan fingerprint density at radius 3 is 2.53 bits per heavy atom. The second-order valence-electron chi connectivity index (χ2n) is 3.69. The van der Waals surface area contributed by atoms with Crippen LogP contribution in [0, 0.1) is 4.91 Å². The van der Waals surface area contributed by atoms with Gasteiger partial charge in [-0.3, -0.25) is 9.59 Å². The third-order valence-electron chi connectivity index (χ3n) is 2.60. The summed E-state index contributed by atoms with van der Waals surface area (Å²) in [5.74, 6) is -0.689. The number of amides is 2. The third-order valence-corrected chi connectivity index (χ3v) is 2.60. The summed E-state index contributed by atoms with van der Waals surface area (Å²) in [4.78, 5) is 35.1. The molecule has 0 aliphatic carbocycles. The molecule has 0 unspecified atom stereocenters. The Morgan fingerprint density at radius 2 is 1.94 bits per heavy atom. The predicted molar refractivity (Wildman–Crippen MR) is 62.4 cm³/mol. The Hall–Kier alpha value is -2.24. The SMILES string of the molecule is CC(=O)N1C(=O)CCN(N=O)c2ccccc21. The van der Waals surface area contributed by atoms with E-state index in [2.05, 4.69) is 5.29 Å². The normalized spacial score (nSPS) is 15.2. The molecule has 17 heavy (non-hydrogen) atoms. The second-order valence-corrected chi connectivity index (χ2v) is 3.69. The van der Waals surface area contributed by atoms with Crippen LogP contribution in [0.2, 0.25) is 0 Å². The van der Waals surface area contributed by atoms with Gasteiger partial charge in [-0.2, -0.15) is 0 Å². The van der Waals surface area contributed by atoms with Gasteiger partial charge in [-0.05, 0) is 12.1 Å². The molecule has 0 saturated heterocycles. The summed E-state index contributed by atoms with van der Waals surface area (Å²) >= 11 is 0. The van der Waals surface area contributed by atoms with Crippen molar-refractivity contribution in [3.05, 3.63) is 29.2 Å². The highest BCUT2D eigenvalue weighted by molar-refractivity contribution is 6.16. The molecule has 2 rings (SSSR count). The number of hydrogen-bond donors (Lipinski definition) is 0. The maximum atomic E-state index is 11.8. The van der Waals surface area contributed by atoms with Crippen LogP contribution in [0.5, 0.6) is 0 Å². The van der Waals surface area contributed by atoms with Gasteiger partial charge in [0.2, 0.25) is 11.8 Å². The summed E-state index contributed by atoms with van der Waals surface area (Å²) in [7, 11) is 0. The van der Waals surface area contributed by atoms with E-state index in [1.54, 1.807) is 24.3 Å². The van der Waals surface area contributed by atoms with Crippen molar-refractivity contribution in [3.63, 3.8) is 0 Å². The van der Waals surface area contributed by atoms with Gasteiger partial charge >= 0.3 is 0 Å². The zero-order valence-corrected chi connectivity index (χ0v) is 9.29. The Balaban J connectivity index is 2.59. The van der Waals surface area contributed by atoms with Crippen molar-refractivity contribution >= 4 is 23.2 Å². The molecule has 0 atom stereocenters. The van der Waals surface area contributed by atoms with E-state index in [0.717, 1.165) is 4.90 Å². The lowest BCUT2D eigenvalue weighted by Crippen LogP contribution is -2.34. The van der Waals surface area contributed by atoms with Gasteiger partial charge in [0.15, 0.2) is 0 Å². The molecular formula is C11H11N3O3. The Labute approximate surface area is 97.8 Å². The number of fused-ring (bicyclic) bond motifs is 1. The molecule has 2 amide bonds. The van der Waals surface area contributed by atoms with Crippen molar-refractivity contribution in [1.29, 1.82) is 0 Å². The molecule has 1 aromatic carbocycles. The quantitative estimate of drug-likeness (QED) is 0.688. The molecular weight excluding hydrogens is 222 g/mol. The van der Waals surface area contributed by atoms with Gasteiger partial charge in [0.1, 0.15) is 0 Å². The Kier molecular flexibility index (Phi) is 2.86. The zero-order chi connectivity index (χ0) is 12.4. The minimum absolute atomic E-state index is 0.0833. The molecule has 88 valence electrons. The van der Waals surface area contributed by atoms with E-state index in [9.17, 15) is 14.5 Å². The van der Waals surface area contributed by atoms with Crippen molar-refractivity contribution < 1.29 is 9.59 Å².